The number of aromatic nitrogens is 4. The summed E-state index contributed by atoms with van der Waals surface area (Å²) in [6.45, 7) is 6.04. The Bertz CT molecular complexity index is 902. The Kier molecular flexibility index (Phi) is 4.64. The smallest absolute Gasteiger partial charge is 0.261 e. The fourth-order valence-corrected chi connectivity index (χ4v) is 3.26. The Labute approximate surface area is 148 Å². The van der Waals surface area contributed by atoms with Gasteiger partial charge in [0.25, 0.3) is 5.91 Å². The topological polar surface area (TPSA) is 72.7 Å². The third-order valence-electron chi connectivity index (χ3n) is 3.63. The van der Waals surface area contributed by atoms with Crippen molar-refractivity contribution in [2.24, 2.45) is 0 Å². The molecular weight excluding hydrogens is 346 g/mol. The minimum absolute atomic E-state index is 0.230. The van der Waals surface area contributed by atoms with E-state index < -0.39 is 0 Å². The van der Waals surface area contributed by atoms with Gasteiger partial charge in [0.2, 0.25) is 5.13 Å². The van der Waals surface area contributed by atoms with Gasteiger partial charge >= 0.3 is 0 Å². The van der Waals surface area contributed by atoms with E-state index in [9.17, 15) is 4.79 Å². The quantitative estimate of drug-likeness (QED) is 0.770. The minimum Gasteiger partial charge on any atom is -0.296 e. The van der Waals surface area contributed by atoms with Crippen LogP contribution in [0.1, 0.15) is 32.3 Å². The number of carbonyl (C=O) groups is 1. The molecule has 0 atom stereocenters. The van der Waals surface area contributed by atoms with Gasteiger partial charge in [0.15, 0.2) is 0 Å². The summed E-state index contributed by atoms with van der Waals surface area (Å²) >= 11 is 7.55. The summed E-state index contributed by atoms with van der Waals surface area (Å²) in [6, 6.07) is 7.60. The highest BCUT2D eigenvalue weighted by Crippen LogP contribution is 2.21. The average Bonchev–Trinajstić information content (AvgIpc) is 3.05. The number of nitrogens with one attached hydrogen (secondary N) is 1. The van der Waals surface area contributed by atoms with Crippen LogP contribution in [-0.4, -0.2) is 25.9 Å². The van der Waals surface area contributed by atoms with Crippen molar-refractivity contribution in [2.45, 2.75) is 27.3 Å². The van der Waals surface area contributed by atoms with Crippen molar-refractivity contribution in [2.75, 3.05) is 5.32 Å². The lowest BCUT2D eigenvalue weighted by Crippen LogP contribution is -2.14. The predicted molar refractivity (Wildman–Crippen MR) is 94.9 cm³/mol. The number of carbonyl (C=O) groups excluding carboxylic acids is 1. The highest BCUT2D eigenvalue weighted by atomic mass is 35.5. The summed E-state index contributed by atoms with van der Waals surface area (Å²) in [6.07, 6.45) is 0. The van der Waals surface area contributed by atoms with Crippen LogP contribution in [0.5, 0.6) is 0 Å². The lowest BCUT2D eigenvalue weighted by Gasteiger charge is -2.07. The van der Waals surface area contributed by atoms with Gasteiger partial charge in [-0.3, -0.25) is 14.8 Å². The second-order valence-electron chi connectivity index (χ2n) is 5.38. The molecule has 2 aromatic heterocycles. The molecule has 124 valence electrons. The summed E-state index contributed by atoms with van der Waals surface area (Å²) in [4.78, 5) is 12.5. The van der Waals surface area contributed by atoms with E-state index in [1.807, 2.05) is 45.0 Å². The van der Waals surface area contributed by atoms with Crippen molar-refractivity contribution in [3.05, 3.63) is 56.8 Å². The molecule has 6 nitrogen and oxygen atoms in total. The monoisotopic (exact) mass is 361 g/mol. The van der Waals surface area contributed by atoms with Gasteiger partial charge in [-0.2, -0.15) is 5.10 Å². The van der Waals surface area contributed by atoms with Crippen molar-refractivity contribution in [1.29, 1.82) is 0 Å². The molecule has 3 aromatic rings. The zero-order chi connectivity index (χ0) is 17.3. The summed E-state index contributed by atoms with van der Waals surface area (Å²) in [5.74, 6) is -0.230. The van der Waals surface area contributed by atoms with E-state index in [1.54, 1.807) is 4.68 Å². The third-order valence-corrected chi connectivity index (χ3v) is 4.76. The standard InChI is InChI=1S/C16H16ClN5OS/c1-9-14(15(23)18-16-20-19-11(3)24-16)10(2)22(21-9)8-12-6-4-5-7-13(12)17/h4-7H,8H2,1-3H3,(H,18,20,23). The molecule has 0 aliphatic heterocycles. The van der Waals surface area contributed by atoms with Gasteiger partial charge < -0.3 is 0 Å². The van der Waals surface area contributed by atoms with E-state index in [1.165, 1.54) is 11.3 Å². The van der Waals surface area contributed by atoms with Gasteiger partial charge in [-0.1, -0.05) is 41.1 Å². The maximum atomic E-state index is 12.5. The van der Waals surface area contributed by atoms with Crippen LogP contribution in [-0.2, 0) is 6.54 Å². The minimum atomic E-state index is -0.230. The third kappa shape index (κ3) is 3.32. The van der Waals surface area contributed by atoms with Crippen molar-refractivity contribution in [3.8, 4) is 0 Å². The van der Waals surface area contributed by atoms with Gasteiger partial charge in [0, 0.05) is 10.7 Å². The maximum absolute atomic E-state index is 12.5. The van der Waals surface area contributed by atoms with E-state index in [4.69, 9.17) is 11.6 Å². The number of hydrogen-bond donors (Lipinski definition) is 1. The predicted octanol–water partition coefficient (Wildman–Crippen LogP) is 3.61. The van der Waals surface area contributed by atoms with Gasteiger partial charge in [-0.25, -0.2) is 0 Å². The van der Waals surface area contributed by atoms with Gasteiger partial charge in [0.05, 0.1) is 17.8 Å². The molecule has 0 saturated carbocycles. The Morgan fingerprint density at radius 1 is 1.25 bits per heavy atom. The first-order valence-electron chi connectivity index (χ1n) is 7.34. The molecule has 0 unspecified atom stereocenters. The molecule has 0 aliphatic carbocycles. The molecule has 0 saturated heterocycles. The molecule has 24 heavy (non-hydrogen) atoms. The van der Waals surface area contributed by atoms with E-state index in [0.29, 0.717) is 28.0 Å². The molecule has 2 heterocycles. The number of halogens is 1. The van der Waals surface area contributed by atoms with Crippen molar-refractivity contribution >= 4 is 34.0 Å². The summed E-state index contributed by atoms with van der Waals surface area (Å²) < 4.78 is 1.79. The van der Waals surface area contributed by atoms with Crippen LogP contribution in [0.15, 0.2) is 24.3 Å². The number of benzene rings is 1. The van der Waals surface area contributed by atoms with Gasteiger partial charge in [-0.05, 0) is 32.4 Å². The molecule has 3 rings (SSSR count). The molecule has 1 aromatic carbocycles. The average molecular weight is 362 g/mol. The first kappa shape index (κ1) is 16.6. The van der Waals surface area contributed by atoms with Crippen LogP contribution in [0.3, 0.4) is 0 Å². The van der Waals surface area contributed by atoms with E-state index in [0.717, 1.165) is 16.3 Å². The Balaban J connectivity index is 1.86. The second kappa shape index (κ2) is 6.70. The molecule has 0 aliphatic rings. The number of amides is 1. The Morgan fingerprint density at radius 3 is 2.67 bits per heavy atom. The van der Waals surface area contributed by atoms with Gasteiger partial charge in [-0.15, -0.1) is 10.2 Å². The number of anilines is 1. The van der Waals surface area contributed by atoms with Crippen LogP contribution in [0.25, 0.3) is 0 Å². The highest BCUT2D eigenvalue weighted by Gasteiger charge is 2.20. The molecule has 0 bridgehead atoms. The van der Waals surface area contributed by atoms with Gasteiger partial charge in [0.1, 0.15) is 5.01 Å². The van der Waals surface area contributed by atoms with Crippen LogP contribution in [0, 0.1) is 20.8 Å². The number of rotatable bonds is 4. The molecule has 0 fully saturated rings. The molecular formula is C16H16ClN5OS. The van der Waals surface area contributed by atoms with Crippen LogP contribution in [0.2, 0.25) is 5.02 Å². The second-order valence-corrected chi connectivity index (χ2v) is 6.96. The summed E-state index contributed by atoms with van der Waals surface area (Å²) in [7, 11) is 0. The van der Waals surface area contributed by atoms with E-state index >= 15 is 0 Å². The first-order chi connectivity index (χ1) is 11.5. The Morgan fingerprint density at radius 2 is 2.00 bits per heavy atom. The maximum Gasteiger partial charge on any atom is 0.261 e. The van der Waals surface area contributed by atoms with Crippen LogP contribution in [0.4, 0.5) is 5.13 Å². The first-order valence-corrected chi connectivity index (χ1v) is 8.54. The molecule has 0 spiro atoms. The molecule has 0 radical (unpaired) electrons. The van der Waals surface area contributed by atoms with Crippen molar-refractivity contribution in [1.82, 2.24) is 20.0 Å². The molecule has 1 N–H and O–H groups in total. The lowest BCUT2D eigenvalue weighted by atomic mass is 10.2. The van der Waals surface area contributed by atoms with Crippen LogP contribution >= 0.6 is 22.9 Å². The lowest BCUT2D eigenvalue weighted by molar-refractivity contribution is 0.102. The number of nitrogens with zero attached hydrogens (tertiary/aromatic N) is 4. The fraction of sp³-hybridized carbons (Fsp3) is 0.250. The normalized spacial score (nSPS) is 10.8. The zero-order valence-corrected chi connectivity index (χ0v) is 15.1. The highest BCUT2D eigenvalue weighted by molar-refractivity contribution is 7.15. The van der Waals surface area contributed by atoms with E-state index in [-0.39, 0.29) is 5.91 Å². The number of hydrogen-bond acceptors (Lipinski definition) is 5. The van der Waals surface area contributed by atoms with Crippen LogP contribution < -0.4 is 5.32 Å². The zero-order valence-electron chi connectivity index (χ0n) is 13.5. The Hall–Kier alpha value is -2.25. The fourth-order valence-electron chi connectivity index (χ4n) is 2.47. The molecule has 1 amide bonds. The largest absolute Gasteiger partial charge is 0.296 e. The molecule has 8 heteroatoms. The SMILES string of the molecule is Cc1nnc(NC(=O)c2c(C)nn(Cc3ccccc3Cl)c2C)s1. The van der Waals surface area contributed by atoms with Crippen molar-refractivity contribution in [3.63, 3.8) is 0 Å². The summed E-state index contributed by atoms with van der Waals surface area (Å²) in [5, 5.41) is 17.0. The number of aryl methyl sites for hydroxylation is 2. The van der Waals surface area contributed by atoms with E-state index in [2.05, 4.69) is 20.6 Å². The summed E-state index contributed by atoms with van der Waals surface area (Å²) in [5.41, 5.74) is 2.95. The van der Waals surface area contributed by atoms with Crippen molar-refractivity contribution < 1.29 is 4.79 Å².